The number of rotatable bonds is 5. The zero-order chi connectivity index (χ0) is 20.3. The maximum absolute atomic E-state index is 12.7. The molecule has 0 atom stereocenters. The molecule has 0 unspecified atom stereocenters. The van der Waals surface area contributed by atoms with E-state index in [1.54, 1.807) is 47.4 Å². The highest BCUT2D eigenvalue weighted by molar-refractivity contribution is 7.89. The summed E-state index contributed by atoms with van der Waals surface area (Å²) in [5.74, 6) is 0.103. The quantitative estimate of drug-likeness (QED) is 0.712. The molecule has 0 radical (unpaired) electrons. The molecule has 2 aromatic carbocycles. The molecule has 0 aliphatic carbocycles. The van der Waals surface area contributed by atoms with E-state index in [1.807, 2.05) is 6.92 Å². The fourth-order valence-electron chi connectivity index (χ4n) is 2.86. The zero-order valence-electron chi connectivity index (χ0n) is 15.3. The van der Waals surface area contributed by atoms with E-state index in [2.05, 4.69) is 0 Å². The van der Waals surface area contributed by atoms with Crippen molar-refractivity contribution in [3.8, 4) is 5.75 Å². The first-order valence-corrected chi connectivity index (χ1v) is 10.9. The van der Waals surface area contributed by atoms with Gasteiger partial charge in [-0.2, -0.15) is 4.31 Å². The van der Waals surface area contributed by atoms with Gasteiger partial charge in [0.1, 0.15) is 5.75 Å². The predicted octanol–water partition coefficient (Wildman–Crippen LogP) is 3.21. The second-order valence-electron chi connectivity index (χ2n) is 6.46. The normalized spacial score (nSPS) is 15.5. The van der Waals surface area contributed by atoms with Crippen LogP contribution in [0.3, 0.4) is 0 Å². The van der Waals surface area contributed by atoms with Crippen LogP contribution in [0, 0.1) is 6.92 Å². The van der Waals surface area contributed by atoms with Crippen molar-refractivity contribution in [2.75, 3.05) is 32.8 Å². The molecule has 28 heavy (non-hydrogen) atoms. The molecule has 0 spiro atoms. The van der Waals surface area contributed by atoms with Crippen molar-refractivity contribution >= 4 is 39.1 Å². The summed E-state index contributed by atoms with van der Waals surface area (Å²) < 4.78 is 32.3. The van der Waals surface area contributed by atoms with Crippen molar-refractivity contribution in [2.45, 2.75) is 11.8 Å². The number of carbonyl (C=O) groups is 1. The number of halogens is 2. The monoisotopic (exact) mass is 442 g/mol. The molecule has 1 heterocycles. The maximum Gasteiger partial charge on any atom is 0.260 e. The van der Waals surface area contributed by atoms with Crippen LogP contribution in [0.15, 0.2) is 47.4 Å². The molecule has 1 saturated heterocycles. The number of hydrogen-bond donors (Lipinski definition) is 0. The Labute approximate surface area is 174 Å². The largest absolute Gasteiger partial charge is 0.482 e. The first-order valence-electron chi connectivity index (χ1n) is 8.70. The number of nitrogens with zero attached hydrogens (tertiary/aromatic N) is 2. The molecule has 1 aliphatic heterocycles. The molecule has 150 valence electrons. The zero-order valence-corrected chi connectivity index (χ0v) is 17.6. The highest BCUT2D eigenvalue weighted by Gasteiger charge is 2.30. The topological polar surface area (TPSA) is 66.9 Å². The lowest BCUT2D eigenvalue weighted by atomic mass is 10.2. The molecular weight excluding hydrogens is 423 g/mol. The number of sulfonamides is 1. The van der Waals surface area contributed by atoms with Crippen LogP contribution in [0.1, 0.15) is 5.56 Å². The fraction of sp³-hybridized carbons (Fsp3) is 0.316. The summed E-state index contributed by atoms with van der Waals surface area (Å²) in [4.78, 5) is 14.2. The van der Waals surface area contributed by atoms with Gasteiger partial charge in [-0.1, -0.05) is 40.9 Å². The van der Waals surface area contributed by atoms with E-state index < -0.39 is 10.0 Å². The minimum absolute atomic E-state index is 0.190. The molecule has 2 aromatic rings. The van der Waals surface area contributed by atoms with E-state index in [1.165, 1.54) is 4.31 Å². The van der Waals surface area contributed by atoms with Crippen LogP contribution >= 0.6 is 23.2 Å². The van der Waals surface area contributed by atoms with Gasteiger partial charge in [0.15, 0.2) is 6.61 Å². The summed E-state index contributed by atoms with van der Waals surface area (Å²) in [6.07, 6.45) is 0. The molecule has 9 heteroatoms. The van der Waals surface area contributed by atoms with Crippen LogP contribution in [-0.2, 0) is 14.8 Å². The average molecular weight is 443 g/mol. The SMILES string of the molecule is Cc1ccc(S(=O)(=O)N2CCN(C(=O)COc3cc(Cl)ccc3Cl)CC2)cc1. The Kier molecular flexibility index (Phi) is 6.50. The third-order valence-electron chi connectivity index (χ3n) is 4.49. The molecule has 0 aromatic heterocycles. The lowest BCUT2D eigenvalue weighted by Gasteiger charge is -2.34. The molecule has 1 amide bonds. The number of hydrogen-bond acceptors (Lipinski definition) is 4. The summed E-state index contributed by atoms with van der Waals surface area (Å²) in [6, 6.07) is 11.5. The van der Waals surface area contributed by atoms with Gasteiger partial charge in [-0.3, -0.25) is 4.79 Å². The van der Waals surface area contributed by atoms with Crippen LogP contribution in [-0.4, -0.2) is 56.3 Å². The van der Waals surface area contributed by atoms with Gasteiger partial charge in [-0.15, -0.1) is 0 Å². The van der Waals surface area contributed by atoms with Crippen molar-refractivity contribution in [3.05, 3.63) is 58.1 Å². The first kappa shape index (κ1) is 20.9. The van der Waals surface area contributed by atoms with E-state index in [4.69, 9.17) is 27.9 Å². The number of carbonyl (C=O) groups excluding carboxylic acids is 1. The fourth-order valence-corrected chi connectivity index (χ4v) is 4.61. The van der Waals surface area contributed by atoms with E-state index in [9.17, 15) is 13.2 Å². The smallest absolute Gasteiger partial charge is 0.260 e. The van der Waals surface area contributed by atoms with Crippen LogP contribution in [0.5, 0.6) is 5.75 Å². The van der Waals surface area contributed by atoms with E-state index in [0.29, 0.717) is 28.9 Å². The Hall–Kier alpha value is -1.80. The Morgan fingerprint density at radius 3 is 2.32 bits per heavy atom. The molecule has 0 bridgehead atoms. The third-order valence-corrected chi connectivity index (χ3v) is 6.95. The molecule has 3 rings (SSSR count). The van der Waals surface area contributed by atoms with Crippen molar-refractivity contribution in [2.24, 2.45) is 0 Å². The minimum Gasteiger partial charge on any atom is -0.482 e. The minimum atomic E-state index is -3.56. The Bertz CT molecular complexity index is 956. The second kappa shape index (κ2) is 8.69. The van der Waals surface area contributed by atoms with E-state index in [0.717, 1.165) is 5.56 Å². The predicted molar refractivity (Wildman–Crippen MR) is 108 cm³/mol. The number of aryl methyl sites for hydroxylation is 1. The Balaban J connectivity index is 1.56. The van der Waals surface area contributed by atoms with Crippen molar-refractivity contribution in [1.82, 2.24) is 9.21 Å². The van der Waals surface area contributed by atoms with Crippen molar-refractivity contribution < 1.29 is 17.9 Å². The molecule has 0 N–H and O–H groups in total. The first-order chi connectivity index (χ1) is 13.3. The summed E-state index contributed by atoms with van der Waals surface area (Å²) in [5.41, 5.74) is 0.995. The van der Waals surface area contributed by atoms with Crippen LogP contribution in [0.2, 0.25) is 10.0 Å². The van der Waals surface area contributed by atoms with Gasteiger partial charge in [0.25, 0.3) is 5.91 Å². The van der Waals surface area contributed by atoms with Crippen LogP contribution < -0.4 is 4.74 Å². The van der Waals surface area contributed by atoms with Gasteiger partial charge in [0.05, 0.1) is 9.92 Å². The summed E-state index contributed by atoms with van der Waals surface area (Å²) >= 11 is 11.9. The summed E-state index contributed by atoms with van der Waals surface area (Å²) in [7, 11) is -3.56. The molecule has 1 aliphatic rings. The molecule has 6 nitrogen and oxygen atoms in total. The lowest BCUT2D eigenvalue weighted by molar-refractivity contribution is -0.134. The number of amides is 1. The summed E-state index contributed by atoms with van der Waals surface area (Å²) in [6.45, 7) is 2.79. The molecule has 0 saturated carbocycles. The van der Waals surface area contributed by atoms with Gasteiger partial charge in [-0.05, 0) is 31.2 Å². The Morgan fingerprint density at radius 2 is 1.68 bits per heavy atom. The van der Waals surface area contributed by atoms with Gasteiger partial charge in [-0.25, -0.2) is 8.42 Å². The van der Waals surface area contributed by atoms with Crippen molar-refractivity contribution in [1.29, 1.82) is 0 Å². The second-order valence-corrected chi connectivity index (χ2v) is 9.24. The third kappa shape index (κ3) is 4.78. The van der Waals surface area contributed by atoms with Crippen molar-refractivity contribution in [3.63, 3.8) is 0 Å². The molecular formula is C19H20Cl2N2O4S. The van der Waals surface area contributed by atoms with E-state index in [-0.39, 0.29) is 30.5 Å². The number of piperazine rings is 1. The highest BCUT2D eigenvalue weighted by Crippen LogP contribution is 2.27. The summed E-state index contributed by atoms with van der Waals surface area (Å²) in [5, 5.41) is 0.827. The van der Waals surface area contributed by atoms with Gasteiger partial charge < -0.3 is 9.64 Å². The van der Waals surface area contributed by atoms with Gasteiger partial charge in [0, 0.05) is 37.3 Å². The Morgan fingerprint density at radius 1 is 1.04 bits per heavy atom. The molecule has 1 fully saturated rings. The number of benzene rings is 2. The van der Waals surface area contributed by atoms with Gasteiger partial charge >= 0.3 is 0 Å². The van der Waals surface area contributed by atoms with Crippen LogP contribution in [0.4, 0.5) is 0 Å². The standard InChI is InChI=1S/C19H20Cl2N2O4S/c1-14-2-5-16(6-3-14)28(25,26)23-10-8-22(9-11-23)19(24)13-27-18-12-15(20)4-7-17(18)21/h2-7,12H,8-11,13H2,1H3. The average Bonchev–Trinajstić information content (AvgIpc) is 2.69. The van der Waals surface area contributed by atoms with Crippen LogP contribution in [0.25, 0.3) is 0 Å². The highest BCUT2D eigenvalue weighted by atomic mass is 35.5. The van der Waals surface area contributed by atoms with E-state index >= 15 is 0 Å². The van der Waals surface area contributed by atoms with Gasteiger partial charge in [0.2, 0.25) is 10.0 Å². The number of ether oxygens (including phenoxy) is 1. The lowest BCUT2D eigenvalue weighted by Crippen LogP contribution is -2.51. The maximum atomic E-state index is 12.7.